The minimum atomic E-state index is 0.622. The van der Waals surface area contributed by atoms with Gasteiger partial charge in [-0.2, -0.15) is 0 Å². The van der Waals surface area contributed by atoms with Gasteiger partial charge in [0.15, 0.2) is 11.5 Å². The highest BCUT2D eigenvalue weighted by molar-refractivity contribution is 6.32. The number of aryl methyl sites for hydroxylation is 2. The zero-order valence-corrected chi connectivity index (χ0v) is 14.7. The molecule has 0 amide bonds. The lowest BCUT2D eigenvalue weighted by molar-refractivity contribution is 0.258. The summed E-state index contributed by atoms with van der Waals surface area (Å²) >= 11 is 6.13. The molecule has 3 nitrogen and oxygen atoms in total. The summed E-state index contributed by atoms with van der Waals surface area (Å²) in [6.07, 6.45) is 1.80. The van der Waals surface area contributed by atoms with Gasteiger partial charge in [-0.3, -0.25) is 0 Å². The van der Waals surface area contributed by atoms with Crippen molar-refractivity contribution in [3.63, 3.8) is 0 Å². The molecule has 0 atom stereocenters. The molecule has 124 valence electrons. The molecule has 2 aromatic rings. The summed E-state index contributed by atoms with van der Waals surface area (Å²) in [4.78, 5) is 0. The molecule has 0 unspecified atom stereocenters. The number of hydrogen-bond acceptors (Lipinski definition) is 3. The van der Waals surface area contributed by atoms with E-state index in [0.717, 1.165) is 41.2 Å². The van der Waals surface area contributed by atoms with E-state index in [1.807, 2.05) is 50.2 Å². The third kappa shape index (κ3) is 5.36. The summed E-state index contributed by atoms with van der Waals surface area (Å²) in [7, 11) is 1.65. The number of unbranched alkanes of at least 4 members (excludes halogenated alkanes) is 1. The molecule has 0 radical (unpaired) electrons. The number of methoxy groups -OCH3 is 1. The monoisotopic (exact) mass is 334 g/mol. The Kier molecular flexibility index (Phi) is 6.60. The molecule has 0 bridgehead atoms. The molecule has 0 fully saturated rings. The first-order valence-electron chi connectivity index (χ1n) is 7.76. The van der Waals surface area contributed by atoms with E-state index in [-0.39, 0.29) is 0 Å². The lowest BCUT2D eigenvalue weighted by Crippen LogP contribution is -2.03. The standard InChI is InChI=1S/C19H23ClO3/c1-14-6-8-17(16(20)12-14)22-10-4-5-11-23-18-9-7-15(2)13-19(18)21-3/h6-9,12-13H,4-5,10-11H2,1-3H3. The van der Waals surface area contributed by atoms with Crippen molar-refractivity contribution in [2.75, 3.05) is 20.3 Å². The van der Waals surface area contributed by atoms with Crippen LogP contribution in [0.4, 0.5) is 0 Å². The summed E-state index contributed by atoms with van der Waals surface area (Å²) < 4.78 is 16.8. The number of halogens is 1. The number of benzene rings is 2. The molecular formula is C19H23ClO3. The second kappa shape index (κ2) is 8.68. The van der Waals surface area contributed by atoms with Gasteiger partial charge in [0.2, 0.25) is 0 Å². The molecule has 0 aliphatic carbocycles. The Morgan fingerprint density at radius 3 is 1.96 bits per heavy atom. The first-order valence-corrected chi connectivity index (χ1v) is 8.14. The Hall–Kier alpha value is -1.87. The second-order valence-electron chi connectivity index (χ2n) is 5.49. The molecule has 2 aromatic carbocycles. The van der Waals surface area contributed by atoms with E-state index >= 15 is 0 Å². The Bertz CT molecular complexity index is 641. The third-order valence-corrected chi connectivity index (χ3v) is 3.76. The first kappa shape index (κ1) is 17.5. The second-order valence-corrected chi connectivity index (χ2v) is 5.90. The minimum Gasteiger partial charge on any atom is -0.493 e. The quantitative estimate of drug-likeness (QED) is 0.621. The van der Waals surface area contributed by atoms with Crippen LogP contribution in [0.3, 0.4) is 0 Å². The molecule has 0 N–H and O–H groups in total. The molecule has 0 heterocycles. The summed E-state index contributed by atoms with van der Waals surface area (Å²) in [5.41, 5.74) is 2.28. The molecule has 4 heteroatoms. The van der Waals surface area contributed by atoms with Crippen molar-refractivity contribution in [3.8, 4) is 17.2 Å². The zero-order chi connectivity index (χ0) is 16.7. The average Bonchev–Trinajstić information content (AvgIpc) is 2.53. The Morgan fingerprint density at radius 1 is 0.783 bits per heavy atom. The predicted octanol–water partition coefficient (Wildman–Crippen LogP) is 5.20. The Balaban J connectivity index is 1.70. The van der Waals surface area contributed by atoms with Crippen LogP contribution in [-0.4, -0.2) is 20.3 Å². The van der Waals surface area contributed by atoms with E-state index in [0.29, 0.717) is 18.2 Å². The van der Waals surface area contributed by atoms with E-state index in [1.165, 1.54) is 0 Å². The van der Waals surface area contributed by atoms with E-state index in [4.69, 9.17) is 25.8 Å². The highest BCUT2D eigenvalue weighted by atomic mass is 35.5. The number of rotatable bonds is 8. The molecule has 23 heavy (non-hydrogen) atoms. The molecule has 0 saturated heterocycles. The Morgan fingerprint density at radius 2 is 1.35 bits per heavy atom. The van der Waals surface area contributed by atoms with Crippen LogP contribution < -0.4 is 14.2 Å². The zero-order valence-electron chi connectivity index (χ0n) is 13.9. The SMILES string of the molecule is COc1cc(C)ccc1OCCCCOc1ccc(C)cc1Cl. The van der Waals surface area contributed by atoms with Crippen LogP contribution in [0.1, 0.15) is 24.0 Å². The molecular weight excluding hydrogens is 312 g/mol. The third-order valence-electron chi connectivity index (χ3n) is 3.46. The fraction of sp³-hybridized carbons (Fsp3) is 0.368. The fourth-order valence-electron chi connectivity index (χ4n) is 2.19. The van der Waals surface area contributed by atoms with Crippen LogP contribution in [0, 0.1) is 13.8 Å². The van der Waals surface area contributed by atoms with Crippen molar-refractivity contribution < 1.29 is 14.2 Å². The summed E-state index contributed by atoms with van der Waals surface area (Å²) in [5.74, 6) is 2.28. The van der Waals surface area contributed by atoms with Gasteiger partial charge in [-0.25, -0.2) is 0 Å². The lowest BCUT2D eigenvalue weighted by Gasteiger charge is -2.12. The van der Waals surface area contributed by atoms with Crippen molar-refractivity contribution >= 4 is 11.6 Å². The van der Waals surface area contributed by atoms with E-state index in [1.54, 1.807) is 7.11 Å². The lowest BCUT2D eigenvalue weighted by atomic mass is 10.2. The summed E-state index contributed by atoms with van der Waals surface area (Å²) in [5, 5.41) is 0.658. The first-order chi connectivity index (χ1) is 11.1. The van der Waals surface area contributed by atoms with Crippen LogP contribution in [-0.2, 0) is 0 Å². The van der Waals surface area contributed by atoms with Crippen LogP contribution >= 0.6 is 11.6 Å². The summed E-state index contributed by atoms with van der Waals surface area (Å²) in [6.45, 7) is 5.29. The van der Waals surface area contributed by atoms with E-state index in [2.05, 4.69) is 0 Å². The van der Waals surface area contributed by atoms with E-state index < -0.39 is 0 Å². The maximum atomic E-state index is 6.13. The van der Waals surface area contributed by atoms with Crippen molar-refractivity contribution in [3.05, 3.63) is 52.5 Å². The predicted molar refractivity (Wildman–Crippen MR) is 94.1 cm³/mol. The highest BCUT2D eigenvalue weighted by Gasteiger charge is 2.04. The Labute approximate surface area is 143 Å². The van der Waals surface area contributed by atoms with Crippen molar-refractivity contribution in [1.29, 1.82) is 0 Å². The molecule has 0 spiro atoms. The van der Waals surface area contributed by atoms with Crippen LogP contribution in [0.5, 0.6) is 17.2 Å². The molecule has 2 rings (SSSR count). The summed E-state index contributed by atoms with van der Waals surface area (Å²) in [6, 6.07) is 11.7. The van der Waals surface area contributed by atoms with Crippen LogP contribution in [0.25, 0.3) is 0 Å². The highest BCUT2D eigenvalue weighted by Crippen LogP contribution is 2.28. The number of ether oxygens (including phenoxy) is 3. The van der Waals surface area contributed by atoms with Crippen LogP contribution in [0.15, 0.2) is 36.4 Å². The van der Waals surface area contributed by atoms with Gasteiger partial charge in [0.05, 0.1) is 25.3 Å². The average molecular weight is 335 g/mol. The topological polar surface area (TPSA) is 27.7 Å². The maximum absolute atomic E-state index is 6.13. The molecule has 0 aliphatic rings. The maximum Gasteiger partial charge on any atom is 0.161 e. The smallest absolute Gasteiger partial charge is 0.161 e. The van der Waals surface area contributed by atoms with Gasteiger partial charge in [0, 0.05) is 0 Å². The van der Waals surface area contributed by atoms with Gasteiger partial charge >= 0.3 is 0 Å². The van der Waals surface area contributed by atoms with Crippen molar-refractivity contribution in [2.45, 2.75) is 26.7 Å². The van der Waals surface area contributed by atoms with Gasteiger partial charge in [-0.05, 0) is 62.1 Å². The van der Waals surface area contributed by atoms with Gasteiger partial charge in [0.25, 0.3) is 0 Å². The normalized spacial score (nSPS) is 10.4. The molecule has 0 aromatic heterocycles. The van der Waals surface area contributed by atoms with Gasteiger partial charge in [0.1, 0.15) is 5.75 Å². The number of hydrogen-bond donors (Lipinski definition) is 0. The minimum absolute atomic E-state index is 0.622. The molecule has 0 aliphatic heterocycles. The van der Waals surface area contributed by atoms with Crippen LogP contribution in [0.2, 0.25) is 5.02 Å². The van der Waals surface area contributed by atoms with Crippen molar-refractivity contribution in [2.24, 2.45) is 0 Å². The van der Waals surface area contributed by atoms with Gasteiger partial charge < -0.3 is 14.2 Å². The fourth-order valence-corrected chi connectivity index (χ4v) is 2.48. The van der Waals surface area contributed by atoms with Crippen molar-refractivity contribution in [1.82, 2.24) is 0 Å². The largest absolute Gasteiger partial charge is 0.493 e. The van der Waals surface area contributed by atoms with Gasteiger partial charge in [-0.15, -0.1) is 0 Å². The van der Waals surface area contributed by atoms with E-state index in [9.17, 15) is 0 Å². The molecule has 0 saturated carbocycles. The van der Waals surface area contributed by atoms with Gasteiger partial charge in [-0.1, -0.05) is 23.7 Å².